The van der Waals surface area contributed by atoms with Gasteiger partial charge in [0.25, 0.3) is 0 Å². The summed E-state index contributed by atoms with van der Waals surface area (Å²) in [4.78, 5) is 13.2. The van der Waals surface area contributed by atoms with Crippen LogP contribution in [0.25, 0.3) is 0 Å². The normalized spacial score (nSPS) is 22.3. The first-order valence-electron chi connectivity index (χ1n) is 7.89. The number of rotatable bonds is 3. The summed E-state index contributed by atoms with van der Waals surface area (Å²) in [6.45, 7) is 0.838. The number of nitrogens with zero attached hydrogens (tertiary/aromatic N) is 1. The van der Waals surface area contributed by atoms with E-state index < -0.39 is 5.41 Å². The van der Waals surface area contributed by atoms with Crippen molar-refractivity contribution in [3.63, 3.8) is 0 Å². The van der Waals surface area contributed by atoms with Crippen molar-refractivity contribution < 1.29 is 9.53 Å². The molecule has 0 aliphatic carbocycles. The van der Waals surface area contributed by atoms with Crippen LogP contribution >= 0.6 is 0 Å². The average Bonchev–Trinajstić information content (AvgIpc) is 2.74. The minimum atomic E-state index is -0.694. The molecule has 1 saturated heterocycles. The number of carbonyl (C=O) groups excluding carboxylic acids is 1. The zero-order valence-corrected chi connectivity index (χ0v) is 13.6. The van der Waals surface area contributed by atoms with Gasteiger partial charge in [0, 0.05) is 13.6 Å². The first-order chi connectivity index (χ1) is 11.2. The molecule has 1 fully saturated rings. The summed E-state index contributed by atoms with van der Waals surface area (Å²) in [5, 5.41) is 1.87. The zero-order valence-electron chi connectivity index (χ0n) is 13.6. The Bertz CT molecular complexity index is 687. The van der Waals surface area contributed by atoms with Crippen LogP contribution in [0.15, 0.2) is 54.6 Å². The van der Waals surface area contributed by atoms with E-state index in [-0.39, 0.29) is 5.91 Å². The van der Waals surface area contributed by atoms with Crippen LogP contribution in [0.1, 0.15) is 24.0 Å². The molecule has 120 valence electrons. The van der Waals surface area contributed by atoms with Gasteiger partial charge in [-0.15, -0.1) is 0 Å². The van der Waals surface area contributed by atoms with Crippen molar-refractivity contribution in [3.05, 3.63) is 65.7 Å². The third kappa shape index (κ3) is 2.82. The average molecular weight is 310 g/mol. The number of hydrogen-bond donors (Lipinski definition) is 1. The van der Waals surface area contributed by atoms with Gasteiger partial charge in [0.2, 0.25) is 5.91 Å². The van der Waals surface area contributed by atoms with Crippen molar-refractivity contribution in [2.24, 2.45) is 0 Å². The Morgan fingerprint density at radius 1 is 1.09 bits per heavy atom. The van der Waals surface area contributed by atoms with E-state index in [1.807, 2.05) is 66.7 Å². The predicted molar refractivity (Wildman–Crippen MR) is 90.2 cm³/mol. The summed E-state index contributed by atoms with van der Waals surface area (Å²) in [7, 11) is 3.56. The molecule has 1 unspecified atom stereocenters. The summed E-state index contributed by atoms with van der Waals surface area (Å²) in [5.41, 5.74) is 4.31. The van der Waals surface area contributed by atoms with E-state index in [1.165, 1.54) is 0 Å². The summed E-state index contributed by atoms with van der Waals surface area (Å²) in [5.74, 6) is 0.778. The maximum Gasteiger partial charge on any atom is 0.249 e. The second kappa shape index (κ2) is 6.42. The molecule has 1 amide bonds. The van der Waals surface area contributed by atoms with Crippen LogP contribution in [0.3, 0.4) is 0 Å². The second-order valence-electron chi connectivity index (χ2n) is 5.97. The number of amides is 1. The molecule has 4 nitrogen and oxygen atoms in total. The van der Waals surface area contributed by atoms with Gasteiger partial charge < -0.3 is 4.74 Å². The number of benzene rings is 2. The van der Waals surface area contributed by atoms with Gasteiger partial charge in [0.05, 0.1) is 7.11 Å². The lowest BCUT2D eigenvalue weighted by Gasteiger charge is -2.32. The van der Waals surface area contributed by atoms with Crippen molar-refractivity contribution in [2.45, 2.75) is 18.3 Å². The fourth-order valence-corrected chi connectivity index (χ4v) is 3.35. The highest BCUT2D eigenvalue weighted by Crippen LogP contribution is 2.39. The van der Waals surface area contributed by atoms with E-state index in [9.17, 15) is 4.79 Å². The number of hydrazine groups is 1. The summed E-state index contributed by atoms with van der Waals surface area (Å²) in [6, 6.07) is 17.8. The molecule has 0 saturated carbocycles. The lowest BCUT2D eigenvalue weighted by Crippen LogP contribution is -2.48. The Balaban J connectivity index is 2.19. The van der Waals surface area contributed by atoms with E-state index >= 15 is 0 Å². The summed E-state index contributed by atoms with van der Waals surface area (Å²) < 4.78 is 5.37. The van der Waals surface area contributed by atoms with Gasteiger partial charge in [-0.05, 0) is 36.1 Å². The number of methoxy groups -OCH3 is 1. The lowest BCUT2D eigenvalue weighted by molar-refractivity contribution is -0.128. The van der Waals surface area contributed by atoms with Gasteiger partial charge in [-0.1, -0.05) is 42.5 Å². The molecular weight excluding hydrogens is 288 g/mol. The fourth-order valence-electron chi connectivity index (χ4n) is 3.35. The first-order valence-corrected chi connectivity index (χ1v) is 7.89. The molecule has 1 atom stereocenters. The van der Waals surface area contributed by atoms with Crippen LogP contribution in [0.2, 0.25) is 0 Å². The Morgan fingerprint density at radius 2 is 1.83 bits per heavy atom. The van der Waals surface area contributed by atoms with Crippen molar-refractivity contribution in [1.82, 2.24) is 10.4 Å². The molecule has 2 aromatic carbocycles. The van der Waals surface area contributed by atoms with Gasteiger partial charge in [-0.3, -0.25) is 10.2 Å². The van der Waals surface area contributed by atoms with Crippen LogP contribution in [0.5, 0.6) is 5.75 Å². The molecule has 2 aromatic rings. The molecule has 0 bridgehead atoms. The van der Waals surface area contributed by atoms with Gasteiger partial charge in [-0.25, -0.2) is 5.01 Å². The van der Waals surface area contributed by atoms with Crippen LogP contribution < -0.4 is 10.2 Å². The first kappa shape index (κ1) is 15.6. The quantitative estimate of drug-likeness (QED) is 0.948. The molecule has 1 heterocycles. The Labute approximate surface area is 137 Å². The molecule has 1 aliphatic heterocycles. The number of nitrogens with one attached hydrogen (secondary N) is 1. The highest BCUT2D eigenvalue weighted by Gasteiger charge is 2.43. The molecule has 23 heavy (non-hydrogen) atoms. The van der Waals surface area contributed by atoms with E-state index in [0.29, 0.717) is 0 Å². The zero-order chi connectivity index (χ0) is 16.3. The Kier molecular flexibility index (Phi) is 4.35. The number of hydrogen-bond acceptors (Lipinski definition) is 3. The SMILES string of the molecule is COc1cccc(C2(c3ccccc3)CCCN(C)NC2=O)c1. The maximum absolute atomic E-state index is 13.2. The predicted octanol–water partition coefficient (Wildman–Crippen LogP) is 2.74. The smallest absolute Gasteiger partial charge is 0.249 e. The second-order valence-corrected chi connectivity index (χ2v) is 5.97. The Hall–Kier alpha value is -2.33. The minimum absolute atomic E-state index is 0.0111. The summed E-state index contributed by atoms with van der Waals surface area (Å²) in [6.07, 6.45) is 1.70. The topological polar surface area (TPSA) is 41.6 Å². The third-order valence-electron chi connectivity index (χ3n) is 4.55. The van der Waals surface area contributed by atoms with Gasteiger partial charge >= 0.3 is 0 Å². The molecule has 1 aliphatic rings. The molecule has 0 radical (unpaired) electrons. The molecule has 3 rings (SSSR count). The van der Waals surface area contributed by atoms with E-state index in [4.69, 9.17) is 4.74 Å². The van der Waals surface area contributed by atoms with Gasteiger partial charge in [0.15, 0.2) is 0 Å². The molecule has 1 N–H and O–H groups in total. The van der Waals surface area contributed by atoms with Crippen LogP contribution in [0, 0.1) is 0 Å². The van der Waals surface area contributed by atoms with Crippen LogP contribution in [-0.4, -0.2) is 31.6 Å². The molecular formula is C19H22N2O2. The van der Waals surface area contributed by atoms with Crippen molar-refractivity contribution in [1.29, 1.82) is 0 Å². The molecule has 4 heteroatoms. The van der Waals surface area contributed by atoms with Crippen LogP contribution in [0.4, 0.5) is 0 Å². The highest BCUT2D eigenvalue weighted by molar-refractivity contribution is 5.92. The molecule has 0 spiro atoms. The Morgan fingerprint density at radius 3 is 2.57 bits per heavy atom. The molecule has 0 aromatic heterocycles. The van der Waals surface area contributed by atoms with E-state index in [0.717, 1.165) is 36.3 Å². The van der Waals surface area contributed by atoms with E-state index in [1.54, 1.807) is 7.11 Å². The van der Waals surface area contributed by atoms with Gasteiger partial charge in [0.1, 0.15) is 11.2 Å². The van der Waals surface area contributed by atoms with Crippen molar-refractivity contribution in [2.75, 3.05) is 20.7 Å². The van der Waals surface area contributed by atoms with E-state index in [2.05, 4.69) is 5.43 Å². The number of ether oxygens (including phenoxy) is 1. The largest absolute Gasteiger partial charge is 0.497 e. The van der Waals surface area contributed by atoms with Gasteiger partial charge in [-0.2, -0.15) is 0 Å². The monoisotopic (exact) mass is 310 g/mol. The standard InChI is InChI=1S/C19H22N2O2/c1-21-13-7-12-19(18(22)20-21,15-8-4-3-5-9-15)16-10-6-11-17(14-16)23-2/h3-6,8-11,14H,7,12-13H2,1-2H3,(H,20,22). The number of carbonyl (C=O) groups is 1. The fraction of sp³-hybridized carbons (Fsp3) is 0.316. The van der Waals surface area contributed by atoms with Crippen LogP contribution in [-0.2, 0) is 10.2 Å². The highest BCUT2D eigenvalue weighted by atomic mass is 16.5. The minimum Gasteiger partial charge on any atom is -0.497 e. The van der Waals surface area contributed by atoms with Crippen molar-refractivity contribution in [3.8, 4) is 5.75 Å². The summed E-state index contributed by atoms with van der Waals surface area (Å²) >= 11 is 0. The maximum atomic E-state index is 13.2. The lowest BCUT2D eigenvalue weighted by atomic mass is 9.71. The van der Waals surface area contributed by atoms with Crippen molar-refractivity contribution >= 4 is 5.91 Å². The third-order valence-corrected chi connectivity index (χ3v) is 4.55.